The first-order valence-electron chi connectivity index (χ1n) is 5.18. The Hall–Kier alpha value is -1.54. The summed E-state index contributed by atoms with van der Waals surface area (Å²) in [5, 5.41) is 11.1. The van der Waals surface area contributed by atoms with E-state index in [9.17, 15) is 0 Å². The fourth-order valence-electron chi connectivity index (χ4n) is 1.82. The molecule has 0 aromatic heterocycles. The van der Waals surface area contributed by atoms with Crippen LogP contribution in [0, 0.1) is 0 Å². The van der Waals surface area contributed by atoms with Gasteiger partial charge in [0.1, 0.15) is 0 Å². The lowest BCUT2D eigenvalue weighted by Crippen LogP contribution is -1.92. The van der Waals surface area contributed by atoms with E-state index in [1.165, 1.54) is 5.39 Å². The Morgan fingerprint density at radius 2 is 1.80 bits per heavy atom. The maximum Gasteiger partial charge on any atom is 0.168 e. The minimum Gasteiger partial charge on any atom is -0.340 e. The molecule has 0 spiro atoms. The summed E-state index contributed by atoms with van der Waals surface area (Å²) in [6.07, 6.45) is 1.95. The molecular weight excluding hydrogens is 188 g/mol. The van der Waals surface area contributed by atoms with Gasteiger partial charge in [-0.3, -0.25) is 0 Å². The lowest BCUT2D eigenvalue weighted by Gasteiger charge is -2.07. The van der Waals surface area contributed by atoms with Gasteiger partial charge in [0.25, 0.3) is 0 Å². The molecule has 0 aliphatic heterocycles. The third kappa shape index (κ3) is 1.95. The van der Waals surface area contributed by atoms with Gasteiger partial charge < -0.3 is 4.89 Å². The van der Waals surface area contributed by atoms with Gasteiger partial charge in [0.2, 0.25) is 0 Å². The molecule has 0 amide bonds. The molecule has 78 valence electrons. The van der Waals surface area contributed by atoms with Crippen molar-refractivity contribution in [2.75, 3.05) is 0 Å². The molecule has 0 bridgehead atoms. The average Bonchev–Trinajstić information content (AvgIpc) is 2.28. The lowest BCUT2D eigenvalue weighted by atomic mass is 10.0. The van der Waals surface area contributed by atoms with Crippen LogP contribution in [0.2, 0.25) is 0 Å². The van der Waals surface area contributed by atoms with Crippen molar-refractivity contribution >= 4 is 10.8 Å². The molecule has 0 saturated carbocycles. The lowest BCUT2D eigenvalue weighted by molar-refractivity contribution is -0.138. The highest BCUT2D eigenvalue weighted by Crippen LogP contribution is 2.26. The fourth-order valence-corrected chi connectivity index (χ4v) is 1.82. The van der Waals surface area contributed by atoms with Gasteiger partial charge in [-0.25, -0.2) is 5.26 Å². The van der Waals surface area contributed by atoms with Crippen molar-refractivity contribution in [1.29, 1.82) is 0 Å². The molecule has 0 atom stereocenters. The van der Waals surface area contributed by atoms with Crippen molar-refractivity contribution in [3.63, 3.8) is 0 Å². The Morgan fingerprint density at radius 3 is 2.40 bits per heavy atom. The van der Waals surface area contributed by atoms with Crippen LogP contribution in [-0.4, -0.2) is 5.26 Å². The van der Waals surface area contributed by atoms with E-state index in [2.05, 4.69) is 23.9 Å². The third-order valence-electron chi connectivity index (χ3n) is 2.55. The van der Waals surface area contributed by atoms with Crippen LogP contribution in [0.25, 0.3) is 10.8 Å². The molecule has 0 aliphatic carbocycles. The van der Waals surface area contributed by atoms with Crippen LogP contribution in [-0.2, 0) is 6.42 Å². The van der Waals surface area contributed by atoms with E-state index in [1.807, 2.05) is 24.3 Å². The van der Waals surface area contributed by atoms with Gasteiger partial charge in [0.05, 0.1) is 0 Å². The standard InChI is InChI=1S/C13H14O2/c1-2-5-12-8-10-6-3-4-7-11(10)9-13(12)15-14/h3-4,6-9,14H,2,5H2,1H3. The second kappa shape index (κ2) is 4.32. The molecule has 2 aromatic rings. The van der Waals surface area contributed by atoms with Gasteiger partial charge in [-0.1, -0.05) is 37.6 Å². The summed E-state index contributed by atoms with van der Waals surface area (Å²) >= 11 is 0. The SMILES string of the molecule is CCCc1cc2ccccc2cc1OO. The number of hydrogen-bond donors (Lipinski definition) is 1. The number of fused-ring (bicyclic) bond motifs is 1. The molecular formula is C13H14O2. The topological polar surface area (TPSA) is 29.5 Å². The predicted molar refractivity (Wildman–Crippen MR) is 61.2 cm³/mol. The zero-order chi connectivity index (χ0) is 10.7. The van der Waals surface area contributed by atoms with Crippen molar-refractivity contribution < 1.29 is 10.1 Å². The summed E-state index contributed by atoms with van der Waals surface area (Å²) in [7, 11) is 0. The van der Waals surface area contributed by atoms with E-state index in [4.69, 9.17) is 5.26 Å². The zero-order valence-electron chi connectivity index (χ0n) is 8.73. The highest BCUT2D eigenvalue weighted by atomic mass is 17.1. The maximum absolute atomic E-state index is 8.80. The Kier molecular flexibility index (Phi) is 2.88. The van der Waals surface area contributed by atoms with E-state index in [0.717, 1.165) is 23.8 Å². The third-order valence-corrected chi connectivity index (χ3v) is 2.55. The van der Waals surface area contributed by atoms with Crippen LogP contribution in [0.1, 0.15) is 18.9 Å². The molecule has 0 saturated heterocycles. The monoisotopic (exact) mass is 202 g/mol. The summed E-state index contributed by atoms with van der Waals surface area (Å²) < 4.78 is 0. The zero-order valence-corrected chi connectivity index (χ0v) is 8.73. The van der Waals surface area contributed by atoms with Crippen molar-refractivity contribution in [2.24, 2.45) is 0 Å². The van der Waals surface area contributed by atoms with Crippen LogP contribution in [0.5, 0.6) is 5.75 Å². The molecule has 0 radical (unpaired) electrons. The Labute approximate surface area is 89.0 Å². The normalized spacial score (nSPS) is 10.5. The minimum atomic E-state index is 0.565. The smallest absolute Gasteiger partial charge is 0.168 e. The number of aryl methyl sites for hydroxylation is 1. The van der Waals surface area contributed by atoms with E-state index in [1.54, 1.807) is 0 Å². The largest absolute Gasteiger partial charge is 0.340 e. The summed E-state index contributed by atoms with van der Waals surface area (Å²) in [6, 6.07) is 12.0. The van der Waals surface area contributed by atoms with Crippen LogP contribution in [0.15, 0.2) is 36.4 Å². The molecule has 2 heteroatoms. The first-order valence-corrected chi connectivity index (χ1v) is 5.18. The first kappa shape index (κ1) is 9.99. The van der Waals surface area contributed by atoms with Crippen LogP contribution >= 0.6 is 0 Å². The first-order chi connectivity index (χ1) is 7.35. The van der Waals surface area contributed by atoms with Crippen molar-refractivity contribution in [3.8, 4) is 5.75 Å². The fraction of sp³-hybridized carbons (Fsp3) is 0.231. The highest BCUT2D eigenvalue weighted by molar-refractivity contribution is 5.84. The minimum absolute atomic E-state index is 0.565. The highest BCUT2D eigenvalue weighted by Gasteiger charge is 2.05. The molecule has 0 fully saturated rings. The van der Waals surface area contributed by atoms with E-state index in [-0.39, 0.29) is 0 Å². The summed E-state index contributed by atoms with van der Waals surface area (Å²) in [5.41, 5.74) is 1.05. The van der Waals surface area contributed by atoms with Crippen LogP contribution < -0.4 is 4.89 Å². The van der Waals surface area contributed by atoms with Gasteiger partial charge in [-0.15, -0.1) is 0 Å². The molecule has 0 aliphatic rings. The van der Waals surface area contributed by atoms with Crippen LogP contribution in [0.3, 0.4) is 0 Å². The van der Waals surface area contributed by atoms with Crippen molar-refractivity contribution in [3.05, 3.63) is 42.0 Å². The number of rotatable bonds is 3. The second-order valence-electron chi connectivity index (χ2n) is 3.65. The maximum atomic E-state index is 8.80. The Morgan fingerprint density at radius 1 is 1.13 bits per heavy atom. The molecule has 2 nitrogen and oxygen atoms in total. The second-order valence-corrected chi connectivity index (χ2v) is 3.65. The summed E-state index contributed by atoms with van der Waals surface area (Å²) in [5.74, 6) is 0.565. The molecule has 0 unspecified atom stereocenters. The van der Waals surface area contributed by atoms with Crippen molar-refractivity contribution in [1.82, 2.24) is 0 Å². The summed E-state index contributed by atoms with van der Waals surface area (Å²) in [4.78, 5) is 4.41. The van der Waals surface area contributed by atoms with Gasteiger partial charge in [-0.2, -0.15) is 0 Å². The number of benzene rings is 2. The van der Waals surface area contributed by atoms with Gasteiger partial charge in [0.15, 0.2) is 5.75 Å². The molecule has 0 heterocycles. The van der Waals surface area contributed by atoms with Crippen molar-refractivity contribution in [2.45, 2.75) is 19.8 Å². The average molecular weight is 202 g/mol. The molecule has 2 aromatic carbocycles. The molecule has 15 heavy (non-hydrogen) atoms. The molecule has 2 rings (SSSR count). The predicted octanol–water partition coefficient (Wildman–Crippen LogP) is 3.64. The Bertz CT molecular complexity index is 463. The van der Waals surface area contributed by atoms with Gasteiger partial charge >= 0.3 is 0 Å². The van der Waals surface area contributed by atoms with Crippen LogP contribution in [0.4, 0.5) is 0 Å². The van der Waals surface area contributed by atoms with E-state index < -0.39 is 0 Å². The quantitative estimate of drug-likeness (QED) is 0.608. The summed E-state index contributed by atoms with van der Waals surface area (Å²) in [6.45, 7) is 2.11. The van der Waals surface area contributed by atoms with Gasteiger partial charge in [-0.05, 0) is 34.9 Å². The van der Waals surface area contributed by atoms with E-state index >= 15 is 0 Å². The van der Waals surface area contributed by atoms with E-state index in [0.29, 0.717) is 5.75 Å². The van der Waals surface area contributed by atoms with Gasteiger partial charge in [0, 0.05) is 0 Å². The molecule has 1 N–H and O–H groups in total. The Balaban J connectivity index is 2.58. The number of hydrogen-bond acceptors (Lipinski definition) is 2.